The zero-order chi connectivity index (χ0) is 9.99. The molecule has 0 saturated carbocycles. The minimum Gasteiger partial charge on any atom is -0.331 e. The Morgan fingerprint density at radius 2 is 1.25 bits per heavy atom. The first-order valence-corrected chi connectivity index (χ1v) is 11.0. The summed E-state index contributed by atoms with van der Waals surface area (Å²) in [7, 11) is -2.78. The molecule has 0 aromatic rings. The molecule has 0 aliphatic rings. The molecule has 4 nitrogen and oxygen atoms in total. The van der Waals surface area contributed by atoms with E-state index in [1.807, 2.05) is 0 Å². The van der Waals surface area contributed by atoms with E-state index in [-0.39, 0.29) is 0 Å². The monoisotopic (exact) mass is 204 g/mol. The van der Waals surface area contributed by atoms with Crippen molar-refractivity contribution in [1.29, 1.82) is 0 Å². The van der Waals surface area contributed by atoms with Gasteiger partial charge in [0, 0.05) is 0 Å². The highest BCUT2D eigenvalue weighted by atomic mass is 28.4. The molecule has 6 heteroatoms. The molecule has 0 aliphatic heterocycles. The van der Waals surface area contributed by atoms with Crippen molar-refractivity contribution in [2.24, 2.45) is 16.3 Å². The van der Waals surface area contributed by atoms with E-state index >= 15 is 0 Å². The standard InChI is InChI=1S/C6H20N4Si2/c1-11(2,3)10(9-8-7)12(4,5)6/h1-6H3,(H2,7,9). The lowest BCUT2D eigenvalue weighted by atomic mass is 11.8. The van der Waals surface area contributed by atoms with Crippen LogP contribution in [0.5, 0.6) is 0 Å². The average Bonchev–Trinajstić information content (AvgIpc) is 1.77. The fourth-order valence-electron chi connectivity index (χ4n) is 1.33. The Morgan fingerprint density at radius 3 is 1.33 bits per heavy atom. The Labute approximate surface area is 77.0 Å². The molecule has 0 aromatic heterocycles. The predicted molar refractivity (Wildman–Crippen MR) is 57.6 cm³/mol. The summed E-state index contributed by atoms with van der Waals surface area (Å²) in [5, 5.41) is 7.42. The van der Waals surface area contributed by atoms with Crippen molar-refractivity contribution in [3.05, 3.63) is 0 Å². The van der Waals surface area contributed by atoms with Crippen molar-refractivity contribution < 1.29 is 0 Å². The molecule has 2 N–H and O–H groups in total. The summed E-state index contributed by atoms with van der Waals surface area (Å²) >= 11 is 0. The van der Waals surface area contributed by atoms with E-state index in [0.29, 0.717) is 0 Å². The highest BCUT2D eigenvalue weighted by molar-refractivity contribution is 6.89. The molecule has 0 fully saturated rings. The largest absolute Gasteiger partial charge is 0.331 e. The van der Waals surface area contributed by atoms with Crippen LogP contribution in [0.1, 0.15) is 0 Å². The van der Waals surface area contributed by atoms with Gasteiger partial charge < -0.3 is 10.2 Å². The normalized spacial score (nSPS) is 13.8. The van der Waals surface area contributed by atoms with Crippen LogP contribution < -0.4 is 5.84 Å². The van der Waals surface area contributed by atoms with Gasteiger partial charge in [0.25, 0.3) is 0 Å². The zero-order valence-electron chi connectivity index (χ0n) is 8.92. The molecular formula is C6H20N4Si2. The van der Waals surface area contributed by atoms with Crippen molar-refractivity contribution in [1.82, 2.24) is 4.34 Å². The number of hydrogen-bond donors (Lipinski definition) is 1. The zero-order valence-corrected chi connectivity index (χ0v) is 10.9. The topological polar surface area (TPSA) is 54.0 Å². The Kier molecular flexibility index (Phi) is 3.46. The van der Waals surface area contributed by atoms with E-state index in [2.05, 4.69) is 54.1 Å². The molecular weight excluding hydrogens is 184 g/mol. The molecule has 12 heavy (non-hydrogen) atoms. The quantitative estimate of drug-likeness (QED) is 0.332. The van der Waals surface area contributed by atoms with Gasteiger partial charge in [-0.1, -0.05) is 49.7 Å². The third kappa shape index (κ3) is 3.35. The third-order valence-corrected chi connectivity index (χ3v) is 8.16. The van der Waals surface area contributed by atoms with Crippen LogP contribution in [0.2, 0.25) is 39.3 Å². The Morgan fingerprint density at radius 1 is 0.917 bits per heavy atom. The van der Waals surface area contributed by atoms with E-state index in [4.69, 9.17) is 5.84 Å². The van der Waals surface area contributed by atoms with Crippen molar-refractivity contribution in [3.63, 3.8) is 0 Å². The van der Waals surface area contributed by atoms with Crippen molar-refractivity contribution in [2.45, 2.75) is 39.3 Å². The van der Waals surface area contributed by atoms with Gasteiger partial charge in [-0.05, 0) is 0 Å². The molecule has 0 rings (SSSR count). The highest BCUT2D eigenvalue weighted by Crippen LogP contribution is 2.19. The Bertz CT molecular complexity index is 153. The molecule has 0 amide bonds. The molecule has 0 aliphatic carbocycles. The first kappa shape index (κ1) is 11.6. The average molecular weight is 204 g/mol. The summed E-state index contributed by atoms with van der Waals surface area (Å²) in [6.45, 7) is 13.5. The summed E-state index contributed by atoms with van der Waals surface area (Å²) in [5.41, 5.74) is 0. The van der Waals surface area contributed by atoms with Crippen LogP contribution in [-0.4, -0.2) is 20.8 Å². The summed E-state index contributed by atoms with van der Waals surface area (Å²) in [5.74, 6) is 5.08. The summed E-state index contributed by atoms with van der Waals surface area (Å²) in [6, 6.07) is 0. The van der Waals surface area contributed by atoms with Gasteiger partial charge in [-0.15, -0.1) is 0 Å². The van der Waals surface area contributed by atoms with Gasteiger partial charge in [0.2, 0.25) is 0 Å². The predicted octanol–water partition coefficient (Wildman–Crippen LogP) is 2.20. The van der Waals surface area contributed by atoms with Gasteiger partial charge in [0.15, 0.2) is 16.5 Å². The summed E-state index contributed by atoms with van der Waals surface area (Å²) in [6.07, 6.45) is 0. The summed E-state index contributed by atoms with van der Waals surface area (Å²) in [4.78, 5) is 0. The fourth-order valence-corrected chi connectivity index (χ4v) is 10.0. The SMILES string of the molecule is C[Si](C)(C)N(/N=N/N)[Si](C)(C)C. The van der Waals surface area contributed by atoms with Gasteiger partial charge in [-0.3, -0.25) is 0 Å². The van der Waals surface area contributed by atoms with Crippen LogP contribution in [0, 0.1) is 0 Å². The maximum Gasteiger partial charge on any atom is 0.160 e. The number of nitrogens with two attached hydrogens (primary N) is 1. The fraction of sp³-hybridized carbons (Fsp3) is 1.00. The van der Waals surface area contributed by atoms with Gasteiger partial charge in [0.1, 0.15) is 0 Å². The Balaban J connectivity index is 4.69. The molecule has 0 heterocycles. The van der Waals surface area contributed by atoms with Gasteiger partial charge >= 0.3 is 0 Å². The molecule has 0 radical (unpaired) electrons. The van der Waals surface area contributed by atoms with Crippen molar-refractivity contribution in [3.8, 4) is 0 Å². The van der Waals surface area contributed by atoms with Crippen LogP contribution >= 0.6 is 0 Å². The highest BCUT2D eigenvalue weighted by Gasteiger charge is 2.34. The van der Waals surface area contributed by atoms with Crippen LogP contribution in [-0.2, 0) is 0 Å². The second-order valence-corrected chi connectivity index (χ2v) is 14.8. The summed E-state index contributed by atoms with van der Waals surface area (Å²) < 4.78 is 2.17. The minimum atomic E-state index is -1.39. The first-order chi connectivity index (χ1) is 5.19. The van der Waals surface area contributed by atoms with E-state index in [9.17, 15) is 0 Å². The molecule has 0 aromatic carbocycles. The van der Waals surface area contributed by atoms with E-state index < -0.39 is 16.5 Å². The third-order valence-electron chi connectivity index (χ3n) is 1.41. The van der Waals surface area contributed by atoms with E-state index in [0.717, 1.165) is 0 Å². The van der Waals surface area contributed by atoms with Crippen LogP contribution in [0.3, 0.4) is 0 Å². The van der Waals surface area contributed by atoms with Gasteiger partial charge in [0.05, 0.1) is 0 Å². The van der Waals surface area contributed by atoms with Crippen LogP contribution in [0.25, 0.3) is 0 Å². The Hall–Kier alpha value is -0.366. The molecule has 0 atom stereocenters. The van der Waals surface area contributed by atoms with E-state index in [1.165, 1.54) is 0 Å². The first-order valence-electron chi connectivity index (χ1n) is 4.11. The molecule has 0 spiro atoms. The molecule has 0 saturated heterocycles. The van der Waals surface area contributed by atoms with Crippen molar-refractivity contribution in [2.75, 3.05) is 0 Å². The van der Waals surface area contributed by atoms with Crippen LogP contribution in [0.15, 0.2) is 10.4 Å². The van der Waals surface area contributed by atoms with Crippen molar-refractivity contribution >= 4 is 16.5 Å². The minimum absolute atomic E-state index is 1.39. The number of nitrogens with zero attached hydrogens (tertiary/aromatic N) is 3. The molecule has 72 valence electrons. The van der Waals surface area contributed by atoms with E-state index in [1.54, 1.807) is 0 Å². The molecule has 0 unspecified atom stereocenters. The van der Waals surface area contributed by atoms with Gasteiger partial charge in [-0.25, -0.2) is 0 Å². The second-order valence-electron chi connectivity index (χ2n) is 4.86. The van der Waals surface area contributed by atoms with Gasteiger partial charge in [-0.2, -0.15) is 0 Å². The number of rotatable bonds is 3. The lowest BCUT2D eigenvalue weighted by Gasteiger charge is -2.39. The van der Waals surface area contributed by atoms with Crippen LogP contribution in [0.4, 0.5) is 0 Å². The lowest BCUT2D eigenvalue weighted by Crippen LogP contribution is -2.55. The smallest absolute Gasteiger partial charge is 0.160 e. The maximum absolute atomic E-state index is 5.08. The number of hydrogen-bond acceptors (Lipinski definition) is 2. The lowest BCUT2D eigenvalue weighted by molar-refractivity contribution is 0.600. The molecule has 0 bridgehead atoms. The second kappa shape index (κ2) is 3.57. The maximum atomic E-state index is 5.08.